The molecule has 26 heavy (non-hydrogen) atoms. The molecule has 0 aliphatic carbocycles. The summed E-state index contributed by atoms with van der Waals surface area (Å²) in [6.45, 7) is 7.27. The van der Waals surface area contributed by atoms with Crippen LogP contribution in [0.4, 0.5) is 0 Å². The van der Waals surface area contributed by atoms with Gasteiger partial charge >= 0.3 is 5.97 Å². The first-order valence-electron chi connectivity index (χ1n) is 9.09. The number of benzene rings is 2. The second kappa shape index (κ2) is 7.35. The molecular formula is C21H27NO3Si. The van der Waals surface area contributed by atoms with Crippen molar-refractivity contribution in [2.24, 2.45) is 0 Å². The van der Waals surface area contributed by atoms with E-state index in [1.165, 1.54) is 10.4 Å². The van der Waals surface area contributed by atoms with E-state index in [4.69, 9.17) is 4.43 Å². The van der Waals surface area contributed by atoms with Crippen molar-refractivity contribution < 1.29 is 14.3 Å². The molecule has 4 nitrogen and oxygen atoms in total. The SMILES string of the molecule is CC(C)(C)[Si](OC1CNC(C(=O)O)C1)(c1ccccc1)c1ccccc1. The van der Waals surface area contributed by atoms with Crippen molar-refractivity contribution in [2.45, 2.75) is 44.4 Å². The van der Waals surface area contributed by atoms with Gasteiger partial charge in [-0.1, -0.05) is 81.4 Å². The molecule has 1 heterocycles. The van der Waals surface area contributed by atoms with Gasteiger partial charge in [-0.2, -0.15) is 0 Å². The van der Waals surface area contributed by atoms with Crippen LogP contribution in [0.2, 0.25) is 5.04 Å². The Morgan fingerprint density at radius 2 is 1.54 bits per heavy atom. The van der Waals surface area contributed by atoms with E-state index in [9.17, 15) is 9.90 Å². The largest absolute Gasteiger partial charge is 0.480 e. The highest BCUT2D eigenvalue weighted by Crippen LogP contribution is 2.38. The van der Waals surface area contributed by atoms with Crippen LogP contribution in [0, 0.1) is 0 Å². The number of rotatable bonds is 5. The van der Waals surface area contributed by atoms with E-state index in [1.54, 1.807) is 0 Å². The standard InChI is InChI=1S/C21H27NO3Si/c1-21(2,3)26(17-10-6-4-7-11-17,18-12-8-5-9-13-18)25-16-14-19(20(23)24)22-15-16/h4-13,16,19,22H,14-15H2,1-3H3,(H,23,24). The molecule has 0 radical (unpaired) electrons. The molecule has 2 aromatic carbocycles. The first-order chi connectivity index (χ1) is 12.3. The fourth-order valence-corrected chi connectivity index (χ4v) is 8.62. The number of nitrogens with one attached hydrogen (secondary N) is 1. The van der Waals surface area contributed by atoms with Gasteiger partial charge in [-0.3, -0.25) is 4.79 Å². The van der Waals surface area contributed by atoms with E-state index < -0.39 is 20.3 Å². The minimum atomic E-state index is -2.61. The van der Waals surface area contributed by atoms with Gasteiger partial charge in [-0.05, 0) is 21.8 Å². The summed E-state index contributed by atoms with van der Waals surface area (Å²) in [5, 5.41) is 14.7. The number of carboxylic acid groups (broad SMARTS) is 1. The average molecular weight is 370 g/mol. The van der Waals surface area contributed by atoms with Crippen molar-refractivity contribution >= 4 is 24.7 Å². The Labute approximate surface area is 156 Å². The zero-order valence-electron chi connectivity index (χ0n) is 15.6. The highest BCUT2D eigenvalue weighted by atomic mass is 28.4. The van der Waals surface area contributed by atoms with E-state index >= 15 is 0 Å². The Balaban J connectivity index is 2.08. The molecule has 138 valence electrons. The lowest BCUT2D eigenvalue weighted by Crippen LogP contribution is -2.67. The van der Waals surface area contributed by atoms with Crippen molar-refractivity contribution in [3.63, 3.8) is 0 Å². The molecule has 1 fully saturated rings. The molecule has 5 heteroatoms. The van der Waals surface area contributed by atoms with E-state index in [2.05, 4.69) is 74.6 Å². The summed E-state index contributed by atoms with van der Waals surface area (Å²) in [6, 6.07) is 20.4. The monoisotopic (exact) mass is 369 g/mol. The fourth-order valence-electron chi connectivity index (χ4n) is 3.92. The van der Waals surface area contributed by atoms with E-state index in [0.717, 1.165) is 0 Å². The first-order valence-corrected chi connectivity index (χ1v) is 11.0. The Morgan fingerprint density at radius 1 is 1.04 bits per heavy atom. The van der Waals surface area contributed by atoms with E-state index in [0.29, 0.717) is 13.0 Å². The van der Waals surface area contributed by atoms with Crippen LogP contribution in [-0.4, -0.2) is 38.1 Å². The predicted molar refractivity (Wildman–Crippen MR) is 107 cm³/mol. The van der Waals surface area contributed by atoms with Crippen LogP contribution in [0.5, 0.6) is 0 Å². The fraction of sp³-hybridized carbons (Fsp3) is 0.381. The number of hydrogen-bond acceptors (Lipinski definition) is 3. The van der Waals surface area contributed by atoms with Crippen LogP contribution >= 0.6 is 0 Å². The molecule has 1 aliphatic heterocycles. The van der Waals surface area contributed by atoms with Crippen molar-refractivity contribution in [1.29, 1.82) is 0 Å². The van der Waals surface area contributed by atoms with E-state index in [1.807, 2.05) is 12.1 Å². The Kier molecular flexibility index (Phi) is 5.32. The van der Waals surface area contributed by atoms with Gasteiger partial charge in [0.2, 0.25) is 0 Å². The summed E-state index contributed by atoms with van der Waals surface area (Å²) >= 11 is 0. The number of hydrogen-bond donors (Lipinski definition) is 2. The van der Waals surface area contributed by atoms with Crippen molar-refractivity contribution in [2.75, 3.05) is 6.54 Å². The summed E-state index contributed by atoms with van der Waals surface area (Å²) in [5.41, 5.74) is 0. The Morgan fingerprint density at radius 3 is 1.92 bits per heavy atom. The van der Waals surface area contributed by atoms with Gasteiger partial charge in [-0.15, -0.1) is 0 Å². The third kappa shape index (κ3) is 3.47. The molecule has 1 saturated heterocycles. The molecule has 0 saturated carbocycles. The minimum Gasteiger partial charge on any atom is -0.480 e. The van der Waals surface area contributed by atoms with Crippen LogP contribution in [0.15, 0.2) is 60.7 Å². The molecule has 1 aliphatic rings. The Bertz CT molecular complexity index is 703. The van der Waals surface area contributed by atoms with Gasteiger partial charge in [-0.25, -0.2) is 0 Å². The third-order valence-electron chi connectivity index (χ3n) is 5.15. The zero-order valence-corrected chi connectivity index (χ0v) is 16.6. The summed E-state index contributed by atoms with van der Waals surface area (Å²) in [5.74, 6) is -0.807. The molecule has 2 unspecified atom stereocenters. The van der Waals surface area contributed by atoms with Gasteiger partial charge in [0, 0.05) is 6.54 Å². The molecule has 0 spiro atoms. The molecule has 2 atom stereocenters. The maximum absolute atomic E-state index is 11.3. The minimum absolute atomic E-state index is 0.100. The van der Waals surface area contributed by atoms with E-state index in [-0.39, 0.29) is 11.1 Å². The number of carbonyl (C=O) groups is 1. The van der Waals surface area contributed by atoms with Crippen molar-refractivity contribution in [3.8, 4) is 0 Å². The zero-order chi connectivity index (χ0) is 18.8. The van der Waals surface area contributed by atoms with Crippen LogP contribution in [0.1, 0.15) is 27.2 Å². The van der Waals surface area contributed by atoms with Crippen LogP contribution < -0.4 is 15.7 Å². The summed E-state index contributed by atoms with van der Waals surface area (Å²) in [4.78, 5) is 11.3. The molecule has 0 aromatic heterocycles. The predicted octanol–water partition coefficient (Wildman–Crippen LogP) is 2.38. The molecule has 2 N–H and O–H groups in total. The summed E-state index contributed by atoms with van der Waals surface area (Å²) in [7, 11) is -2.61. The van der Waals surface area contributed by atoms with Gasteiger partial charge in [0.25, 0.3) is 8.32 Å². The quantitative estimate of drug-likeness (QED) is 0.795. The summed E-state index contributed by atoms with van der Waals surface area (Å²) in [6.07, 6.45) is 0.391. The van der Waals surface area contributed by atoms with Crippen LogP contribution in [0.3, 0.4) is 0 Å². The van der Waals surface area contributed by atoms with Crippen molar-refractivity contribution in [3.05, 3.63) is 60.7 Å². The van der Waals surface area contributed by atoms with Gasteiger partial charge in [0.15, 0.2) is 0 Å². The molecule has 0 amide bonds. The molecule has 0 bridgehead atoms. The third-order valence-corrected chi connectivity index (χ3v) is 10.2. The first kappa shape index (κ1) is 18.8. The lowest BCUT2D eigenvalue weighted by atomic mass is 10.2. The smallest absolute Gasteiger partial charge is 0.320 e. The lowest BCUT2D eigenvalue weighted by Gasteiger charge is -2.44. The maximum atomic E-state index is 11.3. The number of carboxylic acids is 1. The average Bonchev–Trinajstić information content (AvgIpc) is 3.09. The lowest BCUT2D eigenvalue weighted by molar-refractivity contribution is -0.139. The van der Waals surface area contributed by atoms with Gasteiger partial charge < -0.3 is 14.8 Å². The van der Waals surface area contributed by atoms with Gasteiger partial charge in [0.1, 0.15) is 6.04 Å². The highest BCUT2D eigenvalue weighted by Gasteiger charge is 2.52. The second-order valence-corrected chi connectivity index (χ2v) is 12.2. The molecule has 2 aromatic rings. The summed E-state index contributed by atoms with van der Waals surface area (Å²) < 4.78 is 6.93. The van der Waals surface area contributed by atoms with Crippen LogP contribution in [0.25, 0.3) is 0 Å². The normalized spacial score (nSPS) is 20.9. The molecular weight excluding hydrogens is 342 g/mol. The van der Waals surface area contributed by atoms with Crippen LogP contribution in [-0.2, 0) is 9.22 Å². The highest BCUT2D eigenvalue weighted by molar-refractivity contribution is 6.99. The molecule has 3 rings (SSSR count). The topological polar surface area (TPSA) is 58.6 Å². The number of aliphatic carboxylic acids is 1. The van der Waals surface area contributed by atoms with Crippen molar-refractivity contribution in [1.82, 2.24) is 5.32 Å². The maximum Gasteiger partial charge on any atom is 0.320 e. The second-order valence-electron chi connectivity index (χ2n) is 7.94. The Hall–Kier alpha value is -1.95. The van der Waals surface area contributed by atoms with Gasteiger partial charge in [0.05, 0.1) is 6.10 Å².